The van der Waals surface area contributed by atoms with Crippen molar-refractivity contribution in [2.75, 3.05) is 13.2 Å². The lowest BCUT2D eigenvalue weighted by Gasteiger charge is -2.22. The van der Waals surface area contributed by atoms with E-state index in [0.29, 0.717) is 12.5 Å². The fourth-order valence-corrected chi connectivity index (χ4v) is 1.92. The second kappa shape index (κ2) is 5.47. The van der Waals surface area contributed by atoms with Gasteiger partial charge in [-0.25, -0.2) is 5.84 Å². The van der Waals surface area contributed by atoms with Gasteiger partial charge in [0.15, 0.2) is 0 Å². The van der Waals surface area contributed by atoms with E-state index in [1.165, 1.54) is 25.7 Å². The fourth-order valence-electron chi connectivity index (χ4n) is 1.92. The highest BCUT2D eigenvalue weighted by Crippen LogP contribution is 2.25. The van der Waals surface area contributed by atoms with Gasteiger partial charge in [0.25, 0.3) is 0 Å². The van der Waals surface area contributed by atoms with Crippen LogP contribution in [0.1, 0.15) is 39.5 Å². The number of rotatable bonds is 5. The van der Waals surface area contributed by atoms with Crippen LogP contribution < -0.4 is 11.3 Å². The standard InChI is InChI=1S/C11H22N2O2/c1-11(2,10(14)13-12)8-15-7-9-5-3-4-6-9/h9H,3-8,12H2,1-2H3,(H,13,14). The highest BCUT2D eigenvalue weighted by molar-refractivity contribution is 5.81. The zero-order valence-electron chi connectivity index (χ0n) is 9.71. The first-order valence-corrected chi connectivity index (χ1v) is 5.65. The predicted octanol–water partition coefficient (Wildman–Crippen LogP) is 1.21. The number of nitrogens with two attached hydrogens (primary N) is 1. The van der Waals surface area contributed by atoms with Crippen molar-refractivity contribution < 1.29 is 9.53 Å². The first-order valence-electron chi connectivity index (χ1n) is 5.65. The van der Waals surface area contributed by atoms with E-state index in [-0.39, 0.29) is 5.91 Å². The van der Waals surface area contributed by atoms with Crippen LogP contribution in [0.15, 0.2) is 0 Å². The summed E-state index contributed by atoms with van der Waals surface area (Å²) in [4.78, 5) is 11.3. The highest BCUT2D eigenvalue weighted by Gasteiger charge is 2.27. The lowest BCUT2D eigenvalue weighted by atomic mass is 9.94. The molecule has 1 aliphatic carbocycles. The molecule has 1 fully saturated rings. The zero-order chi connectivity index (χ0) is 11.3. The summed E-state index contributed by atoms with van der Waals surface area (Å²) in [5.74, 6) is 5.62. The molecule has 0 unspecified atom stereocenters. The third-order valence-electron chi connectivity index (χ3n) is 3.04. The second-order valence-corrected chi connectivity index (χ2v) is 5.02. The van der Waals surface area contributed by atoms with Gasteiger partial charge in [-0.1, -0.05) is 12.8 Å². The molecule has 0 spiro atoms. The van der Waals surface area contributed by atoms with Crippen LogP contribution in [0.3, 0.4) is 0 Å². The van der Waals surface area contributed by atoms with E-state index in [9.17, 15) is 4.79 Å². The van der Waals surface area contributed by atoms with Crippen LogP contribution in [0.4, 0.5) is 0 Å². The van der Waals surface area contributed by atoms with Crippen LogP contribution >= 0.6 is 0 Å². The molecule has 0 radical (unpaired) electrons. The average molecular weight is 214 g/mol. The normalized spacial score (nSPS) is 18.1. The van der Waals surface area contributed by atoms with E-state index in [0.717, 1.165) is 6.61 Å². The van der Waals surface area contributed by atoms with Gasteiger partial charge >= 0.3 is 0 Å². The Morgan fingerprint density at radius 2 is 2.07 bits per heavy atom. The molecule has 0 aromatic carbocycles. The molecule has 1 aliphatic rings. The third kappa shape index (κ3) is 3.80. The zero-order valence-corrected chi connectivity index (χ0v) is 9.71. The quantitative estimate of drug-likeness (QED) is 0.411. The van der Waals surface area contributed by atoms with E-state index in [4.69, 9.17) is 10.6 Å². The molecule has 15 heavy (non-hydrogen) atoms. The number of carbonyl (C=O) groups excluding carboxylic acids is 1. The first kappa shape index (κ1) is 12.5. The molecule has 1 saturated carbocycles. The molecule has 1 amide bonds. The summed E-state index contributed by atoms with van der Waals surface area (Å²) in [6.07, 6.45) is 5.18. The van der Waals surface area contributed by atoms with Gasteiger partial charge in [0.05, 0.1) is 12.0 Å². The van der Waals surface area contributed by atoms with Crippen molar-refractivity contribution in [2.24, 2.45) is 17.2 Å². The maximum absolute atomic E-state index is 11.3. The second-order valence-electron chi connectivity index (χ2n) is 5.02. The van der Waals surface area contributed by atoms with E-state index < -0.39 is 5.41 Å². The van der Waals surface area contributed by atoms with Gasteiger partial charge in [0.1, 0.15) is 0 Å². The smallest absolute Gasteiger partial charge is 0.241 e. The number of hydrogen-bond donors (Lipinski definition) is 2. The summed E-state index contributed by atoms with van der Waals surface area (Å²) in [5, 5.41) is 0. The molecule has 0 aromatic heterocycles. The molecular formula is C11H22N2O2. The predicted molar refractivity (Wildman–Crippen MR) is 58.9 cm³/mol. The molecule has 4 heteroatoms. The number of hydrogen-bond acceptors (Lipinski definition) is 3. The molecule has 0 aliphatic heterocycles. The Morgan fingerprint density at radius 1 is 1.47 bits per heavy atom. The summed E-state index contributed by atoms with van der Waals surface area (Å²) in [7, 11) is 0. The summed E-state index contributed by atoms with van der Waals surface area (Å²) >= 11 is 0. The van der Waals surface area contributed by atoms with Crippen molar-refractivity contribution in [1.29, 1.82) is 0 Å². The minimum atomic E-state index is -0.534. The summed E-state index contributed by atoms with van der Waals surface area (Å²) in [6.45, 7) is 4.89. The maximum atomic E-state index is 11.3. The van der Waals surface area contributed by atoms with E-state index >= 15 is 0 Å². The van der Waals surface area contributed by atoms with Crippen LogP contribution in [-0.2, 0) is 9.53 Å². The lowest BCUT2D eigenvalue weighted by Crippen LogP contribution is -2.43. The number of hydrazine groups is 1. The average Bonchev–Trinajstić information content (AvgIpc) is 2.69. The van der Waals surface area contributed by atoms with Crippen molar-refractivity contribution in [3.05, 3.63) is 0 Å². The van der Waals surface area contributed by atoms with Crippen molar-refractivity contribution in [2.45, 2.75) is 39.5 Å². The molecule has 0 heterocycles. The Balaban J connectivity index is 2.20. The molecule has 88 valence electrons. The number of carbonyl (C=O) groups is 1. The fraction of sp³-hybridized carbons (Fsp3) is 0.909. The monoisotopic (exact) mass is 214 g/mol. The van der Waals surface area contributed by atoms with Gasteiger partial charge in [0.2, 0.25) is 5.91 Å². The first-order chi connectivity index (χ1) is 7.06. The van der Waals surface area contributed by atoms with Crippen LogP contribution in [0.2, 0.25) is 0 Å². The van der Waals surface area contributed by atoms with Crippen LogP contribution in [0, 0.1) is 11.3 Å². The van der Waals surface area contributed by atoms with Crippen molar-refractivity contribution in [3.8, 4) is 0 Å². The summed E-state index contributed by atoms with van der Waals surface area (Å²) in [6, 6.07) is 0. The van der Waals surface area contributed by atoms with Crippen LogP contribution in [0.25, 0.3) is 0 Å². The molecule has 0 aromatic rings. The SMILES string of the molecule is CC(C)(COCC1CCCC1)C(=O)NN. The van der Waals surface area contributed by atoms with Crippen LogP contribution in [-0.4, -0.2) is 19.1 Å². The Labute approximate surface area is 91.5 Å². The van der Waals surface area contributed by atoms with Gasteiger partial charge in [0, 0.05) is 6.61 Å². The van der Waals surface area contributed by atoms with E-state index in [2.05, 4.69) is 5.43 Å². The maximum Gasteiger partial charge on any atom is 0.241 e. The Bertz CT molecular complexity index is 211. The van der Waals surface area contributed by atoms with E-state index in [1.54, 1.807) is 0 Å². The molecular weight excluding hydrogens is 192 g/mol. The van der Waals surface area contributed by atoms with Gasteiger partial charge < -0.3 is 4.74 Å². The van der Waals surface area contributed by atoms with Crippen molar-refractivity contribution in [3.63, 3.8) is 0 Å². The van der Waals surface area contributed by atoms with Crippen molar-refractivity contribution >= 4 is 5.91 Å². The van der Waals surface area contributed by atoms with Crippen molar-refractivity contribution in [1.82, 2.24) is 5.43 Å². The van der Waals surface area contributed by atoms with E-state index in [1.807, 2.05) is 13.8 Å². The highest BCUT2D eigenvalue weighted by atomic mass is 16.5. The molecule has 0 saturated heterocycles. The molecule has 0 bridgehead atoms. The minimum Gasteiger partial charge on any atom is -0.380 e. The number of amides is 1. The van der Waals surface area contributed by atoms with Gasteiger partial charge in [-0.05, 0) is 32.6 Å². The Hall–Kier alpha value is -0.610. The third-order valence-corrected chi connectivity index (χ3v) is 3.04. The van der Waals surface area contributed by atoms with Gasteiger partial charge in [-0.15, -0.1) is 0 Å². The molecule has 4 nitrogen and oxygen atoms in total. The van der Waals surface area contributed by atoms with Gasteiger partial charge in [-0.3, -0.25) is 10.2 Å². The lowest BCUT2D eigenvalue weighted by molar-refractivity contribution is -0.132. The number of nitrogens with one attached hydrogen (secondary N) is 1. The van der Waals surface area contributed by atoms with Crippen LogP contribution in [0.5, 0.6) is 0 Å². The topological polar surface area (TPSA) is 64.3 Å². The van der Waals surface area contributed by atoms with Gasteiger partial charge in [-0.2, -0.15) is 0 Å². The molecule has 1 rings (SSSR count). The Morgan fingerprint density at radius 3 is 2.60 bits per heavy atom. The minimum absolute atomic E-state index is 0.172. The number of ether oxygens (including phenoxy) is 1. The summed E-state index contributed by atoms with van der Waals surface area (Å²) in [5.41, 5.74) is 1.63. The summed E-state index contributed by atoms with van der Waals surface area (Å²) < 4.78 is 5.59. The largest absolute Gasteiger partial charge is 0.380 e. The molecule has 3 N–H and O–H groups in total. The molecule has 0 atom stereocenters. The Kier molecular flexibility index (Phi) is 4.54.